The molecule has 448 valence electrons. The molecule has 12 nitrogen and oxygen atoms in total. The maximum absolute atomic E-state index is 12.9. The Morgan fingerprint density at radius 3 is 1.23 bits per heavy atom. The Morgan fingerprint density at radius 2 is 0.875 bits per heavy atom. The average molecular weight is 1160 g/mol. The lowest BCUT2D eigenvalue weighted by Crippen LogP contribution is -2.54. The standard InChI is InChI=1S/C29H40F6N2O2.C26H32F6N2O4.CO2/c1-20-16-21(18-22(17-20)27(25(2,3)4)9-5-6-10-27)19-37-13-7-8-26(37)11-14-36(15-12-26)24(38)39-23(28(30,31)32)29(33,34)35;1-18-13-19(15-20(14-18)24(37-17-35)6-2-3-7-24)16-34-10-4-5-23(34)8-11-33(12-9-23)22(36)38-21(25(27,28)29)26(30,31)32;2-1-3/h16-18,23H,5-15,19H2,1-4H3;13-15,17,21H,2-12,16H2,1H3;. The molecule has 6 fully saturated rings. The van der Waals surface area contributed by atoms with Gasteiger partial charge in [0.2, 0.25) is 0 Å². The van der Waals surface area contributed by atoms with Crippen molar-refractivity contribution < 1.29 is 90.9 Å². The van der Waals surface area contributed by atoms with Crippen LogP contribution in [0.3, 0.4) is 0 Å². The monoisotopic (exact) mass is 1160 g/mol. The Bertz CT molecular complexity index is 2450. The number of piperidine rings is 2. The van der Waals surface area contributed by atoms with Crippen molar-refractivity contribution in [1.82, 2.24) is 19.6 Å². The van der Waals surface area contributed by atoms with Crippen molar-refractivity contribution in [1.29, 1.82) is 0 Å². The zero-order valence-corrected chi connectivity index (χ0v) is 45.8. The third-order valence-electron chi connectivity index (χ3n) is 17.7. The number of alkyl halides is 12. The first-order valence-corrected chi connectivity index (χ1v) is 27.2. The molecule has 4 saturated heterocycles. The molecule has 8 rings (SSSR count). The van der Waals surface area contributed by atoms with Gasteiger partial charge >= 0.3 is 43.0 Å². The first-order valence-electron chi connectivity index (χ1n) is 27.2. The summed E-state index contributed by atoms with van der Waals surface area (Å²) in [5, 5.41) is 0. The Hall–Kier alpha value is -5.09. The second-order valence-corrected chi connectivity index (χ2v) is 23.6. The molecule has 2 aliphatic carbocycles. The minimum Gasteiger partial charge on any atom is -0.456 e. The van der Waals surface area contributed by atoms with Gasteiger partial charge in [-0.2, -0.15) is 62.3 Å². The number of carbonyl (C=O) groups excluding carboxylic acids is 5. The molecule has 0 N–H and O–H groups in total. The molecule has 2 aromatic rings. The maximum atomic E-state index is 12.9. The highest BCUT2D eigenvalue weighted by Gasteiger charge is 2.62. The van der Waals surface area contributed by atoms with Crippen LogP contribution in [0.1, 0.15) is 157 Å². The Morgan fingerprint density at radius 1 is 0.525 bits per heavy atom. The van der Waals surface area contributed by atoms with Gasteiger partial charge in [-0.25, -0.2) is 9.59 Å². The number of carbonyl (C=O) groups is 3. The van der Waals surface area contributed by atoms with Gasteiger partial charge in [-0.15, -0.1) is 0 Å². The van der Waals surface area contributed by atoms with Crippen LogP contribution in [-0.4, -0.2) is 132 Å². The molecule has 2 aromatic carbocycles. The second kappa shape index (κ2) is 24.8. The van der Waals surface area contributed by atoms with E-state index >= 15 is 0 Å². The first-order chi connectivity index (χ1) is 37.2. The van der Waals surface area contributed by atoms with Gasteiger partial charge in [0, 0.05) is 55.8 Å². The molecule has 6 aliphatic rings. The molecule has 80 heavy (non-hydrogen) atoms. The Labute approximate surface area is 458 Å². The first kappa shape index (κ1) is 64.1. The van der Waals surface area contributed by atoms with Crippen LogP contribution >= 0.6 is 0 Å². The van der Waals surface area contributed by atoms with Gasteiger partial charge in [0.05, 0.1) is 0 Å². The lowest BCUT2D eigenvalue weighted by molar-refractivity contribution is -0.309. The molecule has 2 spiro atoms. The number of ether oxygens (including phenoxy) is 3. The summed E-state index contributed by atoms with van der Waals surface area (Å²) in [5.74, 6) is 0. The minimum absolute atomic E-state index is 0.00706. The summed E-state index contributed by atoms with van der Waals surface area (Å²) in [7, 11) is 0. The van der Waals surface area contributed by atoms with Crippen LogP contribution in [0.4, 0.5) is 62.3 Å². The maximum Gasteiger partial charge on any atom is 0.434 e. The van der Waals surface area contributed by atoms with Crippen LogP contribution < -0.4 is 0 Å². The summed E-state index contributed by atoms with van der Waals surface area (Å²) >= 11 is 0. The third-order valence-corrected chi connectivity index (χ3v) is 17.7. The molecule has 4 heterocycles. The smallest absolute Gasteiger partial charge is 0.434 e. The molecule has 4 aliphatic heterocycles. The van der Waals surface area contributed by atoms with Gasteiger partial charge in [0.25, 0.3) is 18.7 Å². The summed E-state index contributed by atoms with van der Waals surface area (Å²) in [6.45, 7) is 14.7. The fourth-order valence-electron chi connectivity index (χ4n) is 13.7. The number of hydrogen-bond acceptors (Lipinski definition) is 10. The summed E-state index contributed by atoms with van der Waals surface area (Å²) in [6.07, 6.45) is -20.5. The van der Waals surface area contributed by atoms with Crippen LogP contribution in [0, 0.1) is 19.3 Å². The summed E-state index contributed by atoms with van der Waals surface area (Å²) < 4.78 is 167. The largest absolute Gasteiger partial charge is 0.456 e. The summed E-state index contributed by atoms with van der Waals surface area (Å²) in [4.78, 5) is 58.6. The molecular formula is C56H72F12N4O8. The van der Waals surface area contributed by atoms with E-state index < -0.39 is 54.7 Å². The number of nitrogens with zero attached hydrogens (tertiary/aromatic N) is 4. The van der Waals surface area contributed by atoms with Crippen LogP contribution in [-0.2, 0) is 52.7 Å². The molecular weight excluding hydrogens is 1080 g/mol. The van der Waals surface area contributed by atoms with Gasteiger partial charge in [0.15, 0.2) is 0 Å². The van der Waals surface area contributed by atoms with Crippen LogP contribution in [0.5, 0.6) is 0 Å². The van der Waals surface area contributed by atoms with Crippen molar-refractivity contribution in [2.45, 2.75) is 209 Å². The highest BCUT2D eigenvalue weighted by molar-refractivity contribution is 5.68. The van der Waals surface area contributed by atoms with Crippen molar-refractivity contribution in [2.24, 2.45) is 5.41 Å². The van der Waals surface area contributed by atoms with E-state index in [-0.39, 0.29) is 54.2 Å². The van der Waals surface area contributed by atoms with E-state index in [0.717, 1.165) is 97.5 Å². The third kappa shape index (κ3) is 14.7. The van der Waals surface area contributed by atoms with E-state index in [4.69, 9.17) is 14.3 Å². The highest BCUT2D eigenvalue weighted by atomic mass is 19.4. The number of benzene rings is 2. The molecule has 24 heteroatoms. The number of aryl methyl sites for hydroxylation is 2. The molecule has 0 atom stereocenters. The fourth-order valence-corrected chi connectivity index (χ4v) is 13.7. The average Bonchev–Trinajstić information content (AvgIpc) is 4.19. The summed E-state index contributed by atoms with van der Waals surface area (Å²) in [5.41, 5.74) is 5.96. The van der Waals surface area contributed by atoms with Gasteiger partial charge in [-0.1, -0.05) is 81.1 Å². The van der Waals surface area contributed by atoms with Gasteiger partial charge in [-0.05, 0) is 144 Å². The van der Waals surface area contributed by atoms with E-state index in [0.29, 0.717) is 38.7 Å². The van der Waals surface area contributed by atoms with E-state index in [1.54, 1.807) is 0 Å². The summed E-state index contributed by atoms with van der Waals surface area (Å²) in [6, 6.07) is 13.0. The van der Waals surface area contributed by atoms with Crippen LogP contribution in [0.15, 0.2) is 36.4 Å². The quantitative estimate of drug-likeness (QED) is 0.129. The van der Waals surface area contributed by atoms with Gasteiger partial charge in [0.1, 0.15) is 5.60 Å². The number of rotatable bonds is 10. The second-order valence-electron chi connectivity index (χ2n) is 23.6. The molecule has 2 amide bonds. The van der Waals surface area contributed by atoms with Gasteiger partial charge in [-0.3, -0.25) is 14.6 Å². The Balaban J connectivity index is 0.000000246. The topological polar surface area (TPSA) is 126 Å². The van der Waals surface area contributed by atoms with Crippen molar-refractivity contribution in [3.63, 3.8) is 0 Å². The van der Waals surface area contributed by atoms with Crippen LogP contribution in [0.25, 0.3) is 0 Å². The van der Waals surface area contributed by atoms with E-state index in [2.05, 4.69) is 77.3 Å². The number of hydrogen-bond donors (Lipinski definition) is 0. The Kier molecular flexibility index (Phi) is 19.9. The fraction of sp³-hybridized carbons (Fsp3) is 0.714. The lowest BCUT2D eigenvalue weighted by Gasteiger charge is -2.45. The number of likely N-dealkylation sites (tertiary alicyclic amines) is 4. The molecule has 0 unspecified atom stereocenters. The highest BCUT2D eigenvalue weighted by Crippen LogP contribution is 2.54. The zero-order chi connectivity index (χ0) is 59.3. The number of halogens is 12. The molecule has 0 bridgehead atoms. The number of amides is 2. The zero-order valence-electron chi connectivity index (χ0n) is 45.8. The van der Waals surface area contributed by atoms with Crippen LogP contribution in [0.2, 0.25) is 0 Å². The predicted molar refractivity (Wildman–Crippen MR) is 265 cm³/mol. The van der Waals surface area contributed by atoms with E-state index in [1.165, 1.54) is 42.4 Å². The van der Waals surface area contributed by atoms with E-state index in [9.17, 15) is 67.1 Å². The lowest BCUT2D eigenvalue weighted by atomic mass is 9.61. The normalized spacial score (nSPS) is 21.2. The molecule has 0 aromatic heterocycles. The van der Waals surface area contributed by atoms with Crippen molar-refractivity contribution >= 4 is 24.8 Å². The SMILES string of the molecule is Cc1cc(CN2CCCC23CCN(C(=O)OC(C(F)(F)F)C(F)(F)F)CC3)cc(C2(C(C)(C)C)CCCC2)c1.Cc1cc(CN2CCCC23CCN(C(=O)OC(C(F)(F)F)C(F)(F)F)CC3)cc(C2(OC=O)CCCC2)c1.O=C=O. The van der Waals surface area contributed by atoms with E-state index in [1.807, 2.05) is 13.0 Å². The minimum atomic E-state index is -5.74. The van der Waals surface area contributed by atoms with Gasteiger partial charge < -0.3 is 24.0 Å². The molecule has 2 saturated carbocycles. The van der Waals surface area contributed by atoms with Crippen molar-refractivity contribution in [3.8, 4) is 0 Å². The van der Waals surface area contributed by atoms with Crippen molar-refractivity contribution in [3.05, 3.63) is 69.8 Å². The van der Waals surface area contributed by atoms with Crippen molar-refractivity contribution in [2.75, 3.05) is 39.3 Å². The molecule has 0 radical (unpaired) electrons. The predicted octanol–water partition coefficient (Wildman–Crippen LogP) is 13.3.